The van der Waals surface area contributed by atoms with Crippen LogP contribution in [-0.2, 0) is 21.7 Å². The Morgan fingerprint density at radius 1 is 0.559 bits per heavy atom. The number of aromatic nitrogens is 1. The summed E-state index contributed by atoms with van der Waals surface area (Å²) in [7, 11) is 2.44. The van der Waals surface area contributed by atoms with Gasteiger partial charge in [0.2, 0.25) is 0 Å². The molecule has 0 unspecified atom stereocenters. The van der Waals surface area contributed by atoms with Crippen molar-refractivity contribution < 1.29 is 8.83 Å². The van der Waals surface area contributed by atoms with Crippen LogP contribution in [0.3, 0.4) is 0 Å². The number of fused-ring (bicyclic) bond motifs is 16. The normalized spacial score (nSPS) is 16.4. The molecule has 331 valence electrons. The minimum atomic E-state index is -0.194. The number of hydrogen-bond acceptors (Lipinski definition) is 3. The second-order valence-electron chi connectivity index (χ2n) is 23.0. The number of para-hydroxylation sites is 2. The van der Waals surface area contributed by atoms with Crippen molar-refractivity contribution in [1.29, 1.82) is 0 Å². The molecule has 4 nitrogen and oxygen atoms in total. The van der Waals surface area contributed by atoms with Crippen molar-refractivity contribution in [1.82, 2.24) is 4.57 Å². The lowest BCUT2D eigenvalue weighted by Crippen LogP contribution is -2.37. The molecule has 0 spiro atoms. The van der Waals surface area contributed by atoms with Crippen LogP contribution < -0.4 is 16.2 Å². The van der Waals surface area contributed by atoms with E-state index in [1.54, 1.807) is 0 Å². The van der Waals surface area contributed by atoms with Gasteiger partial charge in [-0.1, -0.05) is 141 Å². The molecule has 14 rings (SSSR count). The summed E-state index contributed by atoms with van der Waals surface area (Å²) < 4.78 is 16.6. The number of hydrogen-bond donors (Lipinski definition) is 1. The summed E-state index contributed by atoms with van der Waals surface area (Å²) in [6.45, 7) is 21.3. The highest BCUT2D eigenvalue weighted by atomic mass is 16.3. The van der Waals surface area contributed by atoms with Crippen LogP contribution in [0.2, 0.25) is 0 Å². The van der Waals surface area contributed by atoms with Gasteiger partial charge in [-0.2, -0.15) is 0 Å². The fraction of sp³-hybridized carbons (Fsp3) is 0.238. The van der Waals surface area contributed by atoms with Crippen LogP contribution >= 0.6 is 0 Å². The Bertz CT molecular complexity index is 4030. The molecular formula is C63H54BN2O2. The SMILES string of the molecule is CC(C)(C)c1ccc(Nc2cc3c(cc2-c2c4c5c(c6cc7c(cc6n5-c5cc6c(cc5[B]4)oc4ccccc46)C(C)(C)CCC7(C)C)c4c2oc2ccccc24)-c2ccccc2C3(C)C)cc1. The first-order valence-corrected chi connectivity index (χ1v) is 24.5. The summed E-state index contributed by atoms with van der Waals surface area (Å²) in [5.74, 6) is 0. The van der Waals surface area contributed by atoms with Crippen LogP contribution in [0.1, 0.15) is 103 Å². The van der Waals surface area contributed by atoms with Crippen molar-refractivity contribution in [2.45, 2.75) is 96.8 Å². The first kappa shape index (κ1) is 40.1. The maximum atomic E-state index is 7.37. The molecule has 0 fully saturated rings. The summed E-state index contributed by atoms with van der Waals surface area (Å²) in [5.41, 5.74) is 23.1. The van der Waals surface area contributed by atoms with Gasteiger partial charge < -0.3 is 18.7 Å². The molecule has 0 saturated heterocycles. The maximum absolute atomic E-state index is 7.37. The van der Waals surface area contributed by atoms with Crippen molar-refractivity contribution in [2.75, 3.05) is 5.32 Å². The standard InChI is InChI=1S/C63H54BN2O2/c1-60(2,3)34-22-24-35(25-23-34)65-48-31-44-39(36-16-10-13-19-43(36)63(44,8)9)28-41(48)56-57-58-54(55-38-18-12-15-21-52(38)68-59(55)56)42-29-45-46(62(6,7)27-26-61(45,4)5)32-49(42)66(58)50-30-40-37-17-11-14-20-51(37)67-53(40)33-47(50)64-57/h10-25,28-33,65H,26-27H2,1-9H3. The summed E-state index contributed by atoms with van der Waals surface area (Å²) >= 11 is 0. The van der Waals surface area contributed by atoms with Crippen molar-refractivity contribution in [3.63, 3.8) is 0 Å². The largest absolute Gasteiger partial charge is 0.456 e. The highest BCUT2D eigenvalue weighted by Gasteiger charge is 2.41. The molecule has 5 heteroatoms. The number of anilines is 2. The van der Waals surface area contributed by atoms with Crippen LogP contribution in [0, 0.1) is 0 Å². The zero-order chi connectivity index (χ0) is 46.4. The van der Waals surface area contributed by atoms with E-state index in [-0.39, 0.29) is 21.7 Å². The van der Waals surface area contributed by atoms with Gasteiger partial charge in [0.05, 0.1) is 5.52 Å². The predicted octanol–water partition coefficient (Wildman–Crippen LogP) is 15.9. The molecule has 8 aromatic carbocycles. The number of benzene rings is 8. The van der Waals surface area contributed by atoms with Gasteiger partial charge in [-0.25, -0.2) is 0 Å². The van der Waals surface area contributed by atoms with E-state index in [9.17, 15) is 0 Å². The summed E-state index contributed by atoms with van der Waals surface area (Å²) in [6.07, 6.45) is 2.29. The Morgan fingerprint density at radius 3 is 1.99 bits per heavy atom. The molecule has 0 atom stereocenters. The van der Waals surface area contributed by atoms with E-state index in [1.165, 1.54) is 71.8 Å². The molecule has 1 N–H and O–H groups in total. The fourth-order valence-electron chi connectivity index (χ4n) is 12.7. The lowest BCUT2D eigenvalue weighted by Gasteiger charge is -2.42. The Balaban J connectivity index is 1.17. The van der Waals surface area contributed by atoms with E-state index >= 15 is 0 Å². The van der Waals surface area contributed by atoms with Crippen molar-refractivity contribution >= 4 is 95.3 Å². The molecule has 0 saturated carbocycles. The van der Waals surface area contributed by atoms with E-state index in [0.717, 1.165) is 84.8 Å². The van der Waals surface area contributed by atoms with Gasteiger partial charge >= 0.3 is 0 Å². The summed E-state index contributed by atoms with van der Waals surface area (Å²) in [6, 6.07) is 49.9. The third-order valence-electron chi connectivity index (χ3n) is 16.6. The molecule has 4 heterocycles. The molecule has 0 bridgehead atoms. The third kappa shape index (κ3) is 5.33. The third-order valence-corrected chi connectivity index (χ3v) is 16.6. The highest BCUT2D eigenvalue weighted by molar-refractivity contribution is 6.74. The van der Waals surface area contributed by atoms with Crippen molar-refractivity contribution in [3.8, 4) is 27.9 Å². The summed E-state index contributed by atoms with van der Waals surface area (Å²) in [5, 5.41) is 11.1. The van der Waals surface area contributed by atoms with Crippen molar-refractivity contribution in [3.05, 3.63) is 161 Å². The number of rotatable bonds is 3. The Hall–Kier alpha value is -6.98. The van der Waals surface area contributed by atoms with E-state index in [4.69, 9.17) is 8.83 Å². The van der Waals surface area contributed by atoms with Gasteiger partial charge in [-0.05, 0) is 134 Å². The van der Waals surface area contributed by atoms with E-state index < -0.39 is 0 Å². The van der Waals surface area contributed by atoms with Crippen LogP contribution in [0.5, 0.6) is 0 Å². The molecule has 11 aromatic rings. The Labute approximate surface area is 398 Å². The maximum Gasteiger partial charge on any atom is 0.198 e. The zero-order valence-corrected chi connectivity index (χ0v) is 40.5. The zero-order valence-electron chi connectivity index (χ0n) is 40.5. The molecule has 1 aliphatic heterocycles. The van der Waals surface area contributed by atoms with Gasteiger partial charge in [0.1, 0.15) is 22.3 Å². The molecule has 3 aliphatic rings. The Morgan fingerprint density at radius 2 is 1.24 bits per heavy atom. The van der Waals surface area contributed by atoms with Gasteiger partial charge in [-0.15, -0.1) is 0 Å². The average Bonchev–Trinajstić information content (AvgIpc) is 4.04. The molecular weight excluding hydrogens is 828 g/mol. The van der Waals surface area contributed by atoms with Gasteiger partial charge in [0, 0.05) is 71.4 Å². The van der Waals surface area contributed by atoms with E-state index in [2.05, 4.69) is 213 Å². The molecule has 3 aromatic heterocycles. The van der Waals surface area contributed by atoms with Crippen LogP contribution in [0.15, 0.2) is 142 Å². The second-order valence-corrected chi connectivity index (χ2v) is 23.0. The van der Waals surface area contributed by atoms with Gasteiger partial charge in [-0.3, -0.25) is 0 Å². The minimum Gasteiger partial charge on any atom is -0.456 e. The molecule has 1 radical (unpaired) electrons. The average molecular weight is 882 g/mol. The highest BCUT2D eigenvalue weighted by Crippen LogP contribution is 2.55. The van der Waals surface area contributed by atoms with Crippen LogP contribution in [0.25, 0.3) is 93.6 Å². The van der Waals surface area contributed by atoms with Gasteiger partial charge in [0.25, 0.3) is 0 Å². The van der Waals surface area contributed by atoms with Crippen LogP contribution in [0.4, 0.5) is 11.4 Å². The topological polar surface area (TPSA) is 43.2 Å². The lowest BCUT2D eigenvalue weighted by atomic mass is 9.58. The molecule has 2 aliphatic carbocycles. The van der Waals surface area contributed by atoms with Crippen molar-refractivity contribution in [2.24, 2.45) is 0 Å². The number of nitrogens with one attached hydrogen (secondary N) is 1. The number of furan rings is 2. The van der Waals surface area contributed by atoms with Crippen LogP contribution in [-0.4, -0.2) is 11.8 Å². The lowest BCUT2D eigenvalue weighted by molar-refractivity contribution is 0.332. The van der Waals surface area contributed by atoms with E-state index in [0.29, 0.717) is 0 Å². The second kappa shape index (κ2) is 13.2. The quantitative estimate of drug-likeness (QED) is 0.180. The number of nitrogens with zero attached hydrogens (tertiary/aromatic N) is 1. The minimum absolute atomic E-state index is 0.0237. The van der Waals surface area contributed by atoms with Gasteiger partial charge in [0.15, 0.2) is 7.28 Å². The Kier molecular flexibility index (Phi) is 7.77. The molecule has 0 amide bonds. The first-order chi connectivity index (χ1) is 32.6. The summed E-state index contributed by atoms with van der Waals surface area (Å²) in [4.78, 5) is 0. The predicted molar refractivity (Wildman–Crippen MR) is 287 cm³/mol. The fourth-order valence-corrected chi connectivity index (χ4v) is 12.7. The first-order valence-electron chi connectivity index (χ1n) is 24.5. The molecule has 68 heavy (non-hydrogen) atoms. The van der Waals surface area contributed by atoms with E-state index in [1.807, 2.05) is 0 Å². The smallest absolute Gasteiger partial charge is 0.198 e. The monoisotopic (exact) mass is 881 g/mol.